The molecule has 7 heteroatoms. The highest BCUT2D eigenvalue weighted by Crippen LogP contribution is 2.27. The Labute approximate surface area is 127 Å². The molecule has 0 spiro atoms. The molecule has 0 bridgehead atoms. The van der Waals surface area contributed by atoms with Crippen molar-refractivity contribution in [2.75, 3.05) is 19.3 Å². The van der Waals surface area contributed by atoms with E-state index in [-0.39, 0.29) is 11.9 Å². The molecule has 2 aromatic rings. The second-order valence-electron chi connectivity index (χ2n) is 5.28. The summed E-state index contributed by atoms with van der Waals surface area (Å²) in [6.07, 6.45) is 1.80. The van der Waals surface area contributed by atoms with Crippen molar-refractivity contribution in [1.29, 1.82) is 0 Å². The number of carbonyl (C=O) groups is 1. The van der Waals surface area contributed by atoms with Gasteiger partial charge in [0.15, 0.2) is 0 Å². The van der Waals surface area contributed by atoms with Crippen molar-refractivity contribution in [3.8, 4) is 0 Å². The van der Waals surface area contributed by atoms with Crippen molar-refractivity contribution in [2.24, 2.45) is 0 Å². The number of carbonyl (C=O) groups excluding carboxylic acids is 1. The van der Waals surface area contributed by atoms with Gasteiger partial charge in [0.2, 0.25) is 10.0 Å². The number of sulfonamides is 1. The van der Waals surface area contributed by atoms with Crippen molar-refractivity contribution in [3.05, 3.63) is 35.2 Å². The molecule has 3 rings (SSSR count). The Morgan fingerprint density at radius 2 is 2.14 bits per heavy atom. The number of nitrogens with zero attached hydrogens (tertiary/aromatic N) is 1. The van der Waals surface area contributed by atoms with Crippen LogP contribution in [0.5, 0.6) is 0 Å². The summed E-state index contributed by atoms with van der Waals surface area (Å²) in [7, 11) is -3.23. The average molecular weight is 324 g/mol. The molecule has 1 aromatic heterocycles. The number of hydrogen-bond donors (Lipinski definition) is 1. The predicted octanol–water partition coefficient (Wildman–Crippen LogP) is 1.66. The van der Waals surface area contributed by atoms with E-state index in [1.54, 1.807) is 4.90 Å². The van der Waals surface area contributed by atoms with E-state index >= 15 is 0 Å². The van der Waals surface area contributed by atoms with Crippen molar-refractivity contribution < 1.29 is 13.2 Å². The van der Waals surface area contributed by atoms with Crippen LogP contribution in [0.2, 0.25) is 0 Å². The molecule has 1 amide bonds. The molecule has 1 aromatic carbocycles. The zero-order chi connectivity index (χ0) is 15.0. The molecule has 2 heterocycles. The first-order valence-electron chi connectivity index (χ1n) is 6.67. The lowest BCUT2D eigenvalue weighted by atomic mass is 10.2. The van der Waals surface area contributed by atoms with E-state index in [9.17, 15) is 13.2 Å². The number of fused-ring (bicyclic) bond motifs is 1. The van der Waals surface area contributed by atoms with Gasteiger partial charge in [0.1, 0.15) is 0 Å². The molecular formula is C14H16N2O3S2. The second-order valence-corrected chi connectivity index (χ2v) is 8.14. The lowest BCUT2D eigenvalue weighted by Gasteiger charge is -2.15. The van der Waals surface area contributed by atoms with Gasteiger partial charge in [0.25, 0.3) is 5.91 Å². The molecule has 0 unspecified atom stereocenters. The summed E-state index contributed by atoms with van der Waals surface area (Å²) in [5.74, 6) is -0.0194. The molecule has 1 N–H and O–H groups in total. The number of benzene rings is 1. The van der Waals surface area contributed by atoms with E-state index in [1.165, 1.54) is 11.3 Å². The smallest absolute Gasteiger partial charge is 0.264 e. The van der Waals surface area contributed by atoms with Gasteiger partial charge >= 0.3 is 0 Å². The van der Waals surface area contributed by atoms with Crippen LogP contribution < -0.4 is 4.72 Å². The van der Waals surface area contributed by atoms with E-state index in [4.69, 9.17) is 0 Å². The molecular weight excluding hydrogens is 308 g/mol. The van der Waals surface area contributed by atoms with Gasteiger partial charge < -0.3 is 4.90 Å². The lowest BCUT2D eigenvalue weighted by Crippen LogP contribution is -2.37. The normalized spacial score (nSPS) is 19.3. The molecule has 1 atom stereocenters. The first kappa shape index (κ1) is 14.5. The minimum absolute atomic E-state index is 0.0194. The minimum atomic E-state index is -3.23. The summed E-state index contributed by atoms with van der Waals surface area (Å²) in [6, 6.07) is 9.60. The van der Waals surface area contributed by atoms with Gasteiger partial charge in [-0.05, 0) is 23.9 Å². The topological polar surface area (TPSA) is 66.5 Å². The van der Waals surface area contributed by atoms with E-state index in [0.717, 1.165) is 16.3 Å². The fourth-order valence-electron chi connectivity index (χ4n) is 2.59. The summed E-state index contributed by atoms with van der Waals surface area (Å²) in [6.45, 7) is 1.01. The molecule has 1 fully saturated rings. The maximum atomic E-state index is 12.5. The van der Waals surface area contributed by atoms with E-state index in [2.05, 4.69) is 4.72 Å². The van der Waals surface area contributed by atoms with E-state index < -0.39 is 10.0 Å². The monoisotopic (exact) mass is 324 g/mol. The third-order valence-electron chi connectivity index (χ3n) is 3.49. The number of nitrogens with one attached hydrogen (secondary N) is 1. The van der Waals surface area contributed by atoms with Gasteiger partial charge in [-0.25, -0.2) is 13.1 Å². The highest BCUT2D eigenvalue weighted by Gasteiger charge is 2.29. The SMILES string of the molecule is CS(=O)(=O)N[C@H]1CCN(C(=O)c2cc3ccccc3s2)C1. The minimum Gasteiger partial charge on any atom is -0.336 e. The van der Waals surface area contributed by atoms with Crippen LogP contribution in [-0.4, -0.2) is 44.6 Å². The van der Waals surface area contributed by atoms with Crippen LogP contribution in [-0.2, 0) is 10.0 Å². The number of likely N-dealkylation sites (tertiary alicyclic amines) is 1. The first-order chi connectivity index (χ1) is 9.92. The van der Waals surface area contributed by atoms with Crippen LogP contribution in [0.25, 0.3) is 10.1 Å². The Bertz CT molecular complexity index is 749. The summed E-state index contributed by atoms with van der Waals surface area (Å²) in [5, 5.41) is 1.07. The number of hydrogen-bond acceptors (Lipinski definition) is 4. The molecule has 1 aliphatic heterocycles. The van der Waals surface area contributed by atoms with Crippen LogP contribution in [0.4, 0.5) is 0 Å². The lowest BCUT2D eigenvalue weighted by molar-refractivity contribution is 0.0795. The number of rotatable bonds is 3. The Hall–Kier alpha value is -1.44. The standard InChI is InChI=1S/C14H16N2O3S2/c1-21(18,19)15-11-6-7-16(9-11)14(17)13-8-10-4-2-3-5-12(10)20-13/h2-5,8,11,15H,6-7,9H2,1H3/t11-/m0/s1. The predicted molar refractivity (Wildman–Crippen MR) is 84.1 cm³/mol. The van der Waals surface area contributed by atoms with Gasteiger partial charge in [-0.15, -0.1) is 11.3 Å². The van der Waals surface area contributed by atoms with E-state index in [1.807, 2.05) is 30.3 Å². The van der Waals surface area contributed by atoms with Crippen LogP contribution in [0.1, 0.15) is 16.1 Å². The van der Waals surface area contributed by atoms with Crippen LogP contribution in [0.15, 0.2) is 30.3 Å². The highest BCUT2D eigenvalue weighted by molar-refractivity contribution is 7.88. The summed E-state index contributed by atoms with van der Waals surface area (Å²) in [4.78, 5) is 14.9. The zero-order valence-electron chi connectivity index (χ0n) is 11.6. The number of amides is 1. The third kappa shape index (κ3) is 3.25. The van der Waals surface area contributed by atoms with Crippen LogP contribution >= 0.6 is 11.3 Å². The Kier molecular flexibility index (Phi) is 3.73. The fourth-order valence-corrected chi connectivity index (χ4v) is 4.42. The molecule has 112 valence electrons. The maximum Gasteiger partial charge on any atom is 0.264 e. The van der Waals surface area contributed by atoms with Crippen LogP contribution in [0.3, 0.4) is 0 Å². The second kappa shape index (κ2) is 5.40. The fraction of sp³-hybridized carbons (Fsp3) is 0.357. The van der Waals surface area contributed by atoms with Crippen molar-refractivity contribution >= 4 is 37.4 Å². The van der Waals surface area contributed by atoms with Gasteiger partial charge in [-0.1, -0.05) is 18.2 Å². The summed E-state index contributed by atoms with van der Waals surface area (Å²) in [5.41, 5.74) is 0. The van der Waals surface area contributed by atoms with Gasteiger partial charge in [0, 0.05) is 23.8 Å². The molecule has 1 saturated heterocycles. The average Bonchev–Trinajstić information content (AvgIpc) is 3.01. The quantitative estimate of drug-likeness (QED) is 0.934. The zero-order valence-corrected chi connectivity index (χ0v) is 13.2. The molecule has 21 heavy (non-hydrogen) atoms. The summed E-state index contributed by atoms with van der Waals surface area (Å²) >= 11 is 1.48. The Morgan fingerprint density at radius 1 is 1.38 bits per heavy atom. The molecule has 0 aliphatic carbocycles. The van der Waals surface area contributed by atoms with Gasteiger partial charge in [0.05, 0.1) is 11.1 Å². The number of thiophene rings is 1. The van der Waals surface area contributed by atoms with Crippen molar-refractivity contribution in [3.63, 3.8) is 0 Å². The van der Waals surface area contributed by atoms with E-state index in [0.29, 0.717) is 24.4 Å². The van der Waals surface area contributed by atoms with Crippen LogP contribution in [0, 0.1) is 0 Å². The van der Waals surface area contributed by atoms with Crippen molar-refractivity contribution in [2.45, 2.75) is 12.5 Å². The largest absolute Gasteiger partial charge is 0.336 e. The highest BCUT2D eigenvalue weighted by atomic mass is 32.2. The maximum absolute atomic E-state index is 12.5. The van der Waals surface area contributed by atoms with Gasteiger partial charge in [-0.3, -0.25) is 4.79 Å². The molecule has 1 aliphatic rings. The Balaban J connectivity index is 1.74. The molecule has 5 nitrogen and oxygen atoms in total. The third-order valence-corrected chi connectivity index (χ3v) is 5.36. The first-order valence-corrected chi connectivity index (χ1v) is 9.38. The van der Waals surface area contributed by atoms with Crippen molar-refractivity contribution in [1.82, 2.24) is 9.62 Å². The van der Waals surface area contributed by atoms with Gasteiger partial charge in [-0.2, -0.15) is 0 Å². The molecule has 0 saturated carbocycles. The molecule has 0 radical (unpaired) electrons. The Morgan fingerprint density at radius 3 is 2.86 bits per heavy atom. The summed E-state index contributed by atoms with van der Waals surface area (Å²) < 4.78 is 26.1.